The summed E-state index contributed by atoms with van der Waals surface area (Å²) in [4.78, 5) is 0. The van der Waals surface area contributed by atoms with Gasteiger partial charge in [-0.1, -0.05) is 6.07 Å². The van der Waals surface area contributed by atoms with E-state index in [-0.39, 0.29) is 6.10 Å². The molecule has 0 aliphatic carbocycles. The summed E-state index contributed by atoms with van der Waals surface area (Å²) in [5.74, 6) is 0.813. The molecule has 0 saturated heterocycles. The molecule has 1 unspecified atom stereocenters. The molecule has 1 atom stereocenters. The van der Waals surface area contributed by atoms with Gasteiger partial charge in [-0.2, -0.15) is 5.26 Å². The number of hydrogen-bond acceptors (Lipinski definition) is 3. The van der Waals surface area contributed by atoms with Gasteiger partial charge in [0.05, 0.1) is 12.2 Å². The van der Waals surface area contributed by atoms with Crippen LogP contribution in [-0.4, -0.2) is 12.6 Å². The van der Waals surface area contributed by atoms with Crippen LogP contribution in [0.2, 0.25) is 0 Å². The summed E-state index contributed by atoms with van der Waals surface area (Å²) >= 11 is 0. The maximum Gasteiger partial charge on any atom is 0.201 e. The van der Waals surface area contributed by atoms with E-state index >= 15 is 0 Å². The van der Waals surface area contributed by atoms with E-state index in [9.17, 15) is 0 Å². The van der Waals surface area contributed by atoms with Gasteiger partial charge in [-0.15, -0.1) is 0 Å². The van der Waals surface area contributed by atoms with Crippen LogP contribution in [0.15, 0.2) is 12.1 Å². The lowest BCUT2D eigenvalue weighted by Gasteiger charge is -2.24. The first kappa shape index (κ1) is 8.89. The highest BCUT2D eigenvalue weighted by atomic mass is 16.5. The first-order valence-electron chi connectivity index (χ1n) is 4.62. The average Bonchev–Trinajstić information content (AvgIpc) is 2.17. The van der Waals surface area contributed by atoms with Gasteiger partial charge in [-0.05, 0) is 31.0 Å². The molecule has 3 heteroatoms. The van der Waals surface area contributed by atoms with Crippen LogP contribution in [0.4, 0.5) is 5.69 Å². The monoisotopic (exact) mass is 188 g/mol. The van der Waals surface area contributed by atoms with Gasteiger partial charge < -0.3 is 10.1 Å². The minimum absolute atomic E-state index is 0.371. The molecule has 0 amide bonds. The predicted octanol–water partition coefficient (Wildman–Crippen LogP) is 2.00. The summed E-state index contributed by atoms with van der Waals surface area (Å²) < 4.78 is 5.54. The van der Waals surface area contributed by atoms with E-state index in [0.717, 1.165) is 17.0 Å². The van der Waals surface area contributed by atoms with Crippen molar-refractivity contribution in [2.45, 2.75) is 20.0 Å². The maximum absolute atomic E-state index is 8.75. The lowest BCUT2D eigenvalue weighted by atomic mass is 10.1. The molecular formula is C11H12N2O. The number of nitriles is 1. The van der Waals surface area contributed by atoms with E-state index in [4.69, 9.17) is 10.00 Å². The highest BCUT2D eigenvalue weighted by Gasteiger charge is 2.20. The van der Waals surface area contributed by atoms with Crippen molar-refractivity contribution in [3.63, 3.8) is 0 Å². The normalized spacial score (nSPS) is 18.8. The highest BCUT2D eigenvalue weighted by molar-refractivity contribution is 5.63. The SMILES string of the molecule is Cc1cc(C)c2c(c1)NCC(C#N)O2. The molecule has 1 aromatic carbocycles. The zero-order chi connectivity index (χ0) is 10.1. The van der Waals surface area contributed by atoms with Crippen LogP contribution in [0.25, 0.3) is 0 Å². The highest BCUT2D eigenvalue weighted by Crippen LogP contribution is 2.33. The second-order valence-corrected chi connectivity index (χ2v) is 3.57. The third kappa shape index (κ3) is 1.39. The van der Waals surface area contributed by atoms with Crippen molar-refractivity contribution in [1.29, 1.82) is 5.26 Å². The lowest BCUT2D eigenvalue weighted by Crippen LogP contribution is -2.29. The Bertz CT molecular complexity index is 406. The number of fused-ring (bicyclic) bond motifs is 1. The van der Waals surface area contributed by atoms with Gasteiger partial charge in [0.25, 0.3) is 0 Å². The van der Waals surface area contributed by atoms with Crippen LogP contribution in [-0.2, 0) is 0 Å². The fraction of sp³-hybridized carbons (Fsp3) is 0.364. The summed E-state index contributed by atoms with van der Waals surface area (Å²) in [6.45, 7) is 4.60. The number of anilines is 1. The van der Waals surface area contributed by atoms with Crippen LogP contribution >= 0.6 is 0 Å². The van der Waals surface area contributed by atoms with Crippen molar-refractivity contribution < 1.29 is 4.74 Å². The van der Waals surface area contributed by atoms with Gasteiger partial charge in [-0.3, -0.25) is 0 Å². The number of ether oxygens (including phenoxy) is 1. The third-order valence-electron chi connectivity index (χ3n) is 2.30. The van der Waals surface area contributed by atoms with E-state index < -0.39 is 0 Å². The Kier molecular flexibility index (Phi) is 2.05. The molecule has 1 aliphatic rings. The summed E-state index contributed by atoms with van der Waals surface area (Å²) in [6.07, 6.45) is -0.371. The standard InChI is InChI=1S/C11H12N2O/c1-7-3-8(2)11-10(4-7)13-6-9(5-12)14-11/h3-4,9,13H,6H2,1-2H3. The molecule has 1 aromatic rings. The third-order valence-corrected chi connectivity index (χ3v) is 2.30. The van der Waals surface area contributed by atoms with E-state index in [1.807, 2.05) is 19.9 Å². The number of nitrogens with zero attached hydrogens (tertiary/aromatic N) is 1. The Morgan fingerprint density at radius 2 is 2.29 bits per heavy atom. The fourth-order valence-corrected chi connectivity index (χ4v) is 1.70. The van der Waals surface area contributed by atoms with Gasteiger partial charge in [-0.25, -0.2) is 0 Å². The molecule has 0 bridgehead atoms. The van der Waals surface area contributed by atoms with Gasteiger partial charge in [0.15, 0.2) is 0 Å². The van der Waals surface area contributed by atoms with Crippen molar-refractivity contribution >= 4 is 5.69 Å². The van der Waals surface area contributed by atoms with Gasteiger partial charge in [0.2, 0.25) is 6.10 Å². The smallest absolute Gasteiger partial charge is 0.201 e. The molecule has 0 aromatic heterocycles. The second-order valence-electron chi connectivity index (χ2n) is 3.57. The number of aryl methyl sites for hydroxylation is 2. The second kappa shape index (κ2) is 3.22. The van der Waals surface area contributed by atoms with Crippen molar-refractivity contribution in [2.75, 3.05) is 11.9 Å². The Hall–Kier alpha value is -1.69. The van der Waals surface area contributed by atoms with Crippen LogP contribution in [0.1, 0.15) is 11.1 Å². The summed E-state index contributed by atoms with van der Waals surface area (Å²) in [6, 6.07) is 6.20. The van der Waals surface area contributed by atoms with Gasteiger partial charge in [0, 0.05) is 0 Å². The summed E-state index contributed by atoms with van der Waals surface area (Å²) in [5.41, 5.74) is 3.27. The van der Waals surface area contributed by atoms with E-state index in [0.29, 0.717) is 6.54 Å². The quantitative estimate of drug-likeness (QED) is 0.677. The molecule has 3 nitrogen and oxygen atoms in total. The average molecular weight is 188 g/mol. The largest absolute Gasteiger partial charge is 0.471 e. The molecule has 1 heterocycles. The molecular weight excluding hydrogens is 176 g/mol. The van der Waals surface area contributed by atoms with Crippen molar-refractivity contribution in [2.24, 2.45) is 0 Å². The van der Waals surface area contributed by atoms with Crippen molar-refractivity contribution in [1.82, 2.24) is 0 Å². The van der Waals surface area contributed by atoms with Crippen LogP contribution in [0.3, 0.4) is 0 Å². The molecule has 72 valence electrons. The van der Waals surface area contributed by atoms with E-state index in [2.05, 4.69) is 17.5 Å². The van der Waals surface area contributed by atoms with E-state index in [1.54, 1.807) is 0 Å². The molecule has 0 fully saturated rings. The molecule has 2 rings (SSSR count). The Balaban J connectivity index is 2.43. The van der Waals surface area contributed by atoms with Crippen molar-refractivity contribution in [3.8, 4) is 11.8 Å². The minimum atomic E-state index is -0.371. The lowest BCUT2D eigenvalue weighted by molar-refractivity contribution is 0.258. The van der Waals surface area contributed by atoms with Gasteiger partial charge in [0.1, 0.15) is 11.8 Å². The van der Waals surface area contributed by atoms with Crippen molar-refractivity contribution in [3.05, 3.63) is 23.3 Å². The number of benzene rings is 1. The predicted molar refractivity (Wildman–Crippen MR) is 54.4 cm³/mol. The molecule has 1 N–H and O–H groups in total. The zero-order valence-corrected chi connectivity index (χ0v) is 8.29. The first-order chi connectivity index (χ1) is 6.70. The molecule has 14 heavy (non-hydrogen) atoms. The summed E-state index contributed by atoms with van der Waals surface area (Å²) in [5, 5.41) is 11.9. The van der Waals surface area contributed by atoms with Crippen LogP contribution in [0.5, 0.6) is 5.75 Å². The Labute approximate surface area is 83.3 Å². The Morgan fingerprint density at radius 1 is 1.50 bits per heavy atom. The zero-order valence-electron chi connectivity index (χ0n) is 8.29. The van der Waals surface area contributed by atoms with Crippen LogP contribution in [0, 0.1) is 25.2 Å². The van der Waals surface area contributed by atoms with Crippen LogP contribution < -0.4 is 10.1 Å². The fourth-order valence-electron chi connectivity index (χ4n) is 1.70. The minimum Gasteiger partial charge on any atom is -0.471 e. The Morgan fingerprint density at radius 3 is 3.00 bits per heavy atom. The molecule has 0 saturated carbocycles. The number of hydrogen-bond donors (Lipinski definition) is 1. The summed E-state index contributed by atoms with van der Waals surface area (Å²) in [7, 11) is 0. The van der Waals surface area contributed by atoms with Gasteiger partial charge >= 0.3 is 0 Å². The molecule has 0 radical (unpaired) electrons. The molecule has 1 aliphatic heterocycles. The van der Waals surface area contributed by atoms with E-state index in [1.165, 1.54) is 5.56 Å². The first-order valence-corrected chi connectivity index (χ1v) is 4.62. The number of nitrogens with one attached hydrogen (secondary N) is 1. The maximum atomic E-state index is 8.75. The molecule has 0 spiro atoms. The topological polar surface area (TPSA) is 45.0 Å². The number of rotatable bonds is 0.